The van der Waals surface area contributed by atoms with E-state index in [-0.39, 0.29) is 5.84 Å². The van der Waals surface area contributed by atoms with Gasteiger partial charge in [0.25, 0.3) is 0 Å². The lowest BCUT2D eigenvalue weighted by atomic mass is 10.2. The van der Waals surface area contributed by atoms with Crippen LogP contribution in [0.3, 0.4) is 0 Å². The smallest absolute Gasteiger partial charge is 0.213 e. The molecule has 8 heteroatoms. The average molecular weight is 267 g/mol. The van der Waals surface area contributed by atoms with Crippen molar-refractivity contribution in [1.29, 1.82) is 0 Å². The quantitative estimate of drug-likeness (QED) is 0.338. The largest absolute Gasteiger partial charge is 0.409 e. The molecule has 0 radical (unpaired) electrons. The predicted molar refractivity (Wildman–Crippen MR) is 64.2 cm³/mol. The number of rotatable bonds is 3. The second-order valence-corrected chi connectivity index (χ2v) is 4.44. The number of amidine groups is 1. The summed E-state index contributed by atoms with van der Waals surface area (Å²) in [5.74, 6) is 0.0388. The van der Waals surface area contributed by atoms with E-state index in [1.54, 1.807) is 13.0 Å². The van der Waals surface area contributed by atoms with Crippen LogP contribution in [0, 0.1) is 12.7 Å². The van der Waals surface area contributed by atoms with E-state index in [0.29, 0.717) is 21.4 Å². The zero-order valence-corrected chi connectivity index (χ0v) is 10.2. The molecule has 0 aliphatic rings. The minimum Gasteiger partial charge on any atom is -0.409 e. The zero-order chi connectivity index (χ0) is 13.1. The SMILES string of the molecule is Cc1nc(Sc2ccc(/C(N)=N/O)cc2F)n[nH]1. The molecule has 0 aliphatic carbocycles. The molecule has 0 atom stereocenters. The van der Waals surface area contributed by atoms with Crippen LogP contribution in [0.1, 0.15) is 11.4 Å². The summed E-state index contributed by atoms with van der Waals surface area (Å²) in [4.78, 5) is 4.43. The Morgan fingerprint density at radius 2 is 2.33 bits per heavy atom. The Morgan fingerprint density at radius 1 is 1.56 bits per heavy atom. The van der Waals surface area contributed by atoms with Crippen molar-refractivity contribution < 1.29 is 9.60 Å². The molecule has 0 aliphatic heterocycles. The maximum absolute atomic E-state index is 13.8. The van der Waals surface area contributed by atoms with Gasteiger partial charge in [-0.2, -0.15) is 0 Å². The van der Waals surface area contributed by atoms with Crippen LogP contribution >= 0.6 is 11.8 Å². The number of benzene rings is 1. The Hall–Kier alpha value is -2.09. The number of nitrogens with zero attached hydrogens (tertiary/aromatic N) is 3. The van der Waals surface area contributed by atoms with Crippen molar-refractivity contribution in [2.75, 3.05) is 0 Å². The third-order valence-electron chi connectivity index (χ3n) is 2.11. The number of aromatic amines is 1. The molecule has 0 saturated carbocycles. The van der Waals surface area contributed by atoms with Gasteiger partial charge in [0.05, 0.1) is 4.90 Å². The number of nitrogens with one attached hydrogen (secondary N) is 1. The fourth-order valence-corrected chi connectivity index (χ4v) is 2.03. The van der Waals surface area contributed by atoms with E-state index in [2.05, 4.69) is 20.3 Å². The van der Waals surface area contributed by atoms with Gasteiger partial charge in [-0.1, -0.05) is 5.16 Å². The van der Waals surface area contributed by atoms with Crippen molar-refractivity contribution in [1.82, 2.24) is 15.2 Å². The monoisotopic (exact) mass is 267 g/mol. The van der Waals surface area contributed by atoms with Crippen molar-refractivity contribution in [3.63, 3.8) is 0 Å². The summed E-state index contributed by atoms with van der Waals surface area (Å²) >= 11 is 1.09. The number of hydrogen-bond donors (Lipinski definition) is 3. The van der Waals surface area contributed by atoms with E-state index in [4.69, 9.17) is 10.9 Å². The van der Waals surface area contributed by atoms with Crippen LogP contribution in [0.25, 0.3) is 0 Å². The van der Waals surface area contributed by atoms with E-state index < -0.39 is 5.82 Å². The molecule has 2 rings (SSSR count). The topological polar surface area (TPSA) is 100 Å². The number of aryl methyl sites for hydroxylation is 1. The van der Waals surface area contributed by atoms with Crippen LogP contribution in [0.2, 0.25) is 0 Å². The third kappa shape index (κ3) is 2.59. The molecule has 0 saturated heterocycles. The minimum absolute atomic E-state index is 0.140. The van der Waals surface area contributed by atoms with E-state index >= 15 is 0 Å². The lowest BCUT2D eigenvalue weighted by molar-refractivity contribution is 0.318. The summed E-state index contributed by atoms with van der Waals surface area (Å²) in [6.45, 7) is 1.76. The summed E-state index contributed by atoms with van der Waals surface area (Å²) < 4.78 is 13.8. The highest BCUT2D eigenvalue weighted by Crippen LogP contribution is 2.27. The summed E-state index contributed by atoms with van der Waals surface area (Å²) in [6, 6.07) is 4.27. The van der Waals surface area contributed by atoms with Gasteiger partial charge in [-0.15, -0.1) is 5.10 Å². The van der Waals surface area contributed by atoms with E-state index in [9.17, 15) is 4.39 Å². The highest BCUT2D eigenvalue weighted by molar-refractivity contribution is 7.99. The number of halogens is 1. The maximum Gasteiger partial charge on any atom is 0.213 e. The molecule has 2 aromatic rings. The fourth-order valence-electron chi connectivity index (χ4n) is 1.27. The van der Waals surface area contributed by atoms with Crippen LogP contribution < -0.4 is 5.73 Å². The number of aromatic nitrogens is 3. The van der Waals surface area contributed by atoms with Crippen molar-refractivity contribution in [2.45, 2.75) is 17.0 Å². The van der Waals surface area contributed by atoms with Crippen molar-refractivity contribution in [3.8, 4) is 0 Å². The first-order valence-corrected chi connectivity index (χ1v) is 5.76. The molecule has 4 N–H and O–H groups in total. The van der Waals surface area contributed by atoms with Crippen molar-refractivity contribution in [3.05, 3.63) is 35.4 Å². The molecule has 1 aromatic carbocycles. The second-order valence-electron chi connectivity index (χ2n) is 3.44. The lowest BCUT2D eigenvalue weighted by Gasteiger charge is -2.02. The van der Waals surface area contributed by atoms with Gasteiger partial charge >= 0.3 is 0 Å². The van der Waals surface area contributed by atoms with Gasteiger partial charge in [0.15, 0.2) is 5.84 Å². The second kappa shape index (κ2) is 5.05. The predicted octanol–water partition coefficient (Wildman–Crippen LogP) is 1.50. The van der Waals surface area contributed by atoms with Gasteiger partial charge in [0, 0.05) is 5.56 Å². The normalized spacial score (nSPS) is 11.8. The number of hydrogen-bond acceptors (Lipinski definition) is 5. The van der Waals surface area contributed by atoms with Gasteiger partial charge in [-0.3, -0.25) is 5.10 Å². The number of H-pyrrole nitrogens is 1. The average Bonchev–Trinajstić information content (AvgIpc) is 2.76. The van der Waals surface area contributed by atoms with E-state index in [1.807, 2.05) is 0 Å². The van der Waals surface area contributed by atoms with Crippen LogP contribution in [-0.4, -0.2) is 26.2 Å². The van der Waals surface area contributed by atoms with Crippen molar-refractivity contribution in [2.24, 2.45) is 10.9 Å². The first kappa shape index (κ1) is 12.4. The highest BCUT2D eigenvalue weighted by Gasteiger charge is 2.10. The van der Waals surface area contributed by atoms with Crippen LogP contribution in [0.4, 0.5) is 4.39 Å². The zero-order valence-electron chi connectivity index (χ0n) is 9.38. The van der Waals surface area contributed by atoms with Crippen LogP contribution in [0.5, 0.6) is 0 Å². The number of oxime groups is 1. The Balaban J connectivity index is 2.25. The van der Waals surface area contributed by atoms with Crippen LogP contribution in [-0.2, 0) is 0 Å². The first-order valence-electron chi connectivity index (χ1n) is 4.94. The Kier molecular flexibility index (Phi) is 3.47. The molecular formula is C10H10FN5OS. The number of nitrogens with two attached hydrogens (primary N) is 1. The molecule has 0 amide bonds. The van der Waals surface area contributed by atoms with E-state index in [1.165, 1.54) is 12.1 Å². The molecule has 94 valence electrons. The minimum atomic E-state index is -0.480. The summed E-state index contributed by atoms with van der Waals surface area (Å²) in [5, 5.41) is 18.3. The summed E-state index contributed by atoms with van der Waals surface area (Å²) in [5.41, 5.74) is 5.68. The molecule has 1 heterocycles. The fraction of sp³-hybridized carbons (Fsp3) is 0.100. The van der Waals surface area contributed by atoms with Crippen LogP contribution in [0.15, 0.2) is 33.4 Å². The first-order chi connectivity index (χ1) is 8.60. The van der Waals surface area contributed by atoms with Crippen molar-refractivity contribution >= 4 is 17.6 Å². The summed E-state index contributed by atoms with van der Waals surface area (Å²) in [6.07, 6.45) is 0. The third-order valence-corrected chi connectivity index (χ3v) is 3.03. The molecule has 0 bridgehead atoms. The van der Waals surface area contributed by atoms with Gasteiger partial charge in [-0.05, 0) is 36.9 Å². The van der Waals surface area contributed by atoms with E-state index in [0.717, 1.165) is 11.8 Å². The standard InChI is InChI=1S/C10H10FN5OS/c1-5-13-10(15-14-5)18-8-3-2-6(4-7(8)11)9(12)16-17/h2-4,17H,1H3,(H2,12,16)(H,13,14,15). The van der Waals surface area contributed by atoms with Gasteiger partial charge in [0.2, 0.25) is 5.16 Å². The molecular weight excluding hydrogens is 257 g/mol. The molecule has 0 spiro atoms. The molecule has 18 heavy (non-hydrogen) atoms. The molecule has 1 aromatic heterocycles. The van der Waals surface area contributed by atoms with Gasteiger partial charge < -0.3 is 10.9 Å². The Bertz CT molecular complexity index is 598. The molecule has 0 fully saturated rings. The molecule has 6 nitrogen and oxygen atoms in total. The summed E-state index contributed by atoms with van der Waals surface area (Å²) in [7, 11) is 0. The lowest BCUT2D eigenvalue weighted by Crippen LogP contribution is -2.13. The Morgan fingerprint density at radius 3 is 2.89 bits per heavy atom. The van der Waals surface area contributed by atoms with Gasteiger partial charge in [0.1, 0.15) is 11.6 Å². The molecule has 0 unspecified atom stereocenters. The highest BCUT2D eigenvalue weighted by atomic mass is 32.2. The Labute approximate surface area is 106 Å². The maximum atomic E-state index is 13.8. The van der Waals surface area contributed by atoms with Gasteiger partial charge in [-0.25, -0.2) is 9.37 Å².